The van der Waals surface area contributed by atoms with Crippen molar-refractivity contribution in [3.8, 4) is 11.4 Å². The number of anilines is 1. The first-order valence-corrected chi connectivity index (χ1v) is 9.77. The largest absolute Gasteiger partial charge is 0.476 e. The zero-order valence-corrected chi connectivity index (χ0v) is 17.2. The number of amides is 2. The molecule has 1 aliphatic heterocycles. The number of aromatic carboxylic acids is 1. The third kappa shape index (κ3) is 4.36. The van der Waals surface area contributed by atoms with Gasteiger partial charge in [0.1, 0.15) is 0 Å². The average molecular weight is 401 g/mol. The van der Waals surface area contributed by atoms with Crippen LogP contribution in [0, 0.1) is 11.3 Å². The van der Waals surface area contributed by atoms with Crippen LogP contribution in [0.1, 0.15) is 56.6 Å². The van der Waals surface area contributed by atoms with Crippen LogP contribution in [0.2, 0.25) is 0 Å². The van der Waals surface area contributed by atoms with Gasteiger partial charge in [-0.05, 0) is 41.4 Å². The number of hydrogen-bond acceptors (Lipinski definition) is 6. The van der Waals surface area contributed by atoms with E-state index < -0.39 is 5.97 Å². The van der Waals surface area contributed by atoms with Crippen LogP contribution >= 0.6 is 0 Å². The topological polar surface area (TPSA) is 137 Å². The number of rotatable bonds is 4. The lowest BCUT2D eigenvalue weighted by Gasteiger charge is -2.38. The van der Waals surface area contributed by atoms with Gasteiger partial charge in [0.25, 0.3) is 0 Å². The van der Waals surface area contributed by atoms with Crippen LogP contribution in [0.25, 0.3) is 11.4 Å². The Bertz CT molecular complexity index is 882. The number of piperidine rings is 1. The maximum absolute atomic E-state index is 12.8. The molecule has 0 bridgehead atoms. The first kappa shape index (κ1) is 20.7. The van der Waals surface area contributed by atoms with Crippen molar-refractivity contribution in [2.45, 2.75) is 47.0 Å². The highest BCUT2D eigenvalue weighted by Gasteiger charge is 2.31. The monoisotopic (exact) mass is 401 g/mol. The number of aromatic amines is 1. The number of carbonyl (C=O) groups is 2. The Kier molecular flexibility index (Phi) is 5.81. The quantitative estimate of drug-likeness (QED) is 0.716. The molecule has 3 N–H and O–H groups in total. The molecule has 2 aromatic rings. The van der Waals surface area contributed by atoms with Gasteiger partial charge in [-0.3, -0.25) is 0 Å². The number of nitrogens with zero attached hydrogens (tertiary/aromatic N) is 5. The third-order valence-electron chi connectivity index (χ3n) is 5.56. The molecule has 0 radical (unpaired) electrons. The van der Waals surface area contributed by atoms with Crippen LogP contribution < -0.4 is 5.32 Å². The van der Waals surface area contributed by atoms with Crippen LogP contribution in [0.4, 0.5) is 10.5 Å². The van der Waals surface area contributed by atoms with Crippen molar-refractivity contribution in [3.05, 3.63) is 17.5 Å². The SMILES string of the molecule is CCc1c(NC(=O)N2CCC(C(C)(C)C)CC2)cnc(C(=O)O)c1-c1nn[nH]n1. The molecular weight excluding hydrogens is 374 g/mol. The predicted molar refractivity (Wildman–Crippen MR) is 107 cm³/mol. The van der Waals surface area contributed by atoms with Gasteiger partial charge in [0, 0.05) is 13.1 Å². The summed E-state index contributed by atoms with van der Waals surface area (Å²) in [5, 5.41) is 26.1. The van der Waals surface area contributed by atoms with Gasteiger partial charge >= 0.3 is 12.0 Å². The van der Waals surface area contributed by atoms with Gasteiger partial charge in [-0.2, -0.15) is 5.21 Å². The molecule has 0 spiro atoms. The summed E-state index contributed by atoms with van der Waals surface area (Å²) in [5.41, 5.74) is 1.39. The fourth-order valence-electron chi connectivity index (χ4n) is 3.84. The first-order valence-electron chi connectivity index (χ1n) is 9.77. The summed E-state index contributed by atoms with van der Waals surface area (Å²) in [6.07, 6.45) is 3.77. The van der Waals surface area contributed by atoms with Gasteiger partial charge in [-0.15, -0.1) is 10.2 Å². The molecular formula is C19H27N7O3. The molecule has 156 valence electrons. The van der Waals surface area contributed by atoms with Gasteiger partial charge in [0.05, 0.1) is 17.4 Å². The number of H-pyrrole nitrogens is 1. The Balaban J connectivity index is 1.84. The predicted octanol–water partition coefficient (Wildman–Crippen LogP) is 2.81. The lowest BCUT2D eigenvalue weighted by Crippen LogP contribution is -2.43. The van der Waals surface area contributed by atoms with Crippen LogP contribution in [0.5, 0.6) is 0 Å². The van der Waals surface area contributed by atoms with Gasteiger partial charge in [0.15, 0.2) is 5.69 Å². The smallest absolute Gasteiger partial charge is 0.355 e. The number of carbonyl (C=O) groups excluding carboxylic acids is 1. The van der Waals surface area contributed by atoms with Crippen molar-refractivity contribution in [2.24, 2.45) is 11.3 Å². The minimum Gasteiger partial charge on any atom is -0.476 e. The van der Waals surface area contributed by atoms with Gasteiger partial charge in [-0.25, -0.2) is 14.6 Å². The first-order chi connectivity index (χ1) is 13.7. The second-order valence-electron chi connectivity index (χ2n) is 8.33. The summed E-state index contributed by atoms with van der Waals surface area (Å²) >= 11 is 0. The Morgan fingerprint density at radius 1 is 1.31 bits per heavy atom. The van der Waals surface area contributed by atoms with Crippen molar-refractivity contribution < 1.29 is 14.7 Å². The lowest BCUT2D eigenvalue weighted by molar-refractivity contribution is 0.0691. The molecule has 2 amide bonds. The molecule has 10 heteroatoms. The summed E-state index contributed by atoms with van der Waals surface area (Å²) < 4.78 is 0. The number of tetrazole rings is 1. The van der Waals surface area contributed by atoms with Gasteiger partial charge in [-0.1, -0.05) is 27.7 Å². The number of aromatic nitrogens is 5. The van der Waals surface area contributed by atoms with E-state index in [0.29, 0.717) is 36.7 Å². The van der Waals surface area contributed by atoms with Crippen molar-refractivity contribution in [1.29, 1.82) is 0 Å². The normalized spacial score (nSPS) is 15.4. The van der Waals surface area contributed by atoms with Crippen LogP contribution in [-0.2, 0) is 6.42 Å². The van der Waals surface area contributed by atoms with Gasteiger partial charge < -0.3 is 15.3 Å². The molecule has 1 saturated heterocycles. The summed E-state index contributed by atoms with van der Waals surface area (Å²) in [7, 11) is 0. The van der Waals surface area contributed by atoms with E-state index in [1.165, 1.54) is 6.20 Å². The van der Waals surface area contributed by atoms with Crippen molar-refractivity contribution in [2.75, 3.05) is 18.4 Å². The highest BCUT2D eigenvalue weighted by atomic mass is 16.4. The van der Waals surface area contributed by atoms with E-state index in [9.17, 15) is 14.7 Å². The highest BCUT2D eigenvalue weighted by molar-refractivity contribution is 5.97. The molecule has 1 fully saturated rings. The molecule has 0 saturated carbocycles. The second kappa shape index (κ2) is 8.14. The van der Waals surface area contributed by atoms with Crippen LogP contribution in [0.15, 0.2) is 6.20 Å². The number of pyridine rings is 1. The Labute approximate surface area is 169 Å². The number of hydrogen-bond donors (Lipinski definition) is 3. The second-order valence-corrected chi connectivity index (χ2v) is 8.33. The Hall–Kier alpha value is -3.04. The minimum atomic E-state index is -1.19. The summed E-state index contributed by atoms with van der Waals surface area (Å²) in [6.45, 7) is 9.94. The number of carboxylic acid groups (broad SMARTS) is 1. The molecule has 10 nitrogen and oxygen atoms in total. The van der Waals surface area contributed by atoms with Crippen molar-refractivity contribution >= 4 is 17.7 Å². The molecule has 1 aliphatic rings. The molecule has 0 aromatic carbocycles. The Morgan fingerprint density at radius 3 is 2.52 bits per heavy atom. The van der Waals surface area contributed by atoms with E-state index in [0.717, 1.165) is 12.8 Å². The molecule has 2 aromatic heterocycles. The maximum Gasteiger partial charge on any atom is 0.355 e. The minimum absolute atomic E-state index is 0.133. The summed E-state index contributed by atoms with van der Waals surface area (Å²) in [5.74, 6) is -0.477. The molecule has 0 unspecified atom stereocenters. The number of carboxylic acids is 1. The molecule has 0 aliphatic carbocycles. The average Bonchev–Trinajstić information content (AvgIpc) is 3.21. The lowest BCUT2D eigenvalue weighted by atomic mass is 9.75. The third-order valence-corrected chi connectivity index (χ3v) is 5.56. The number of likely N-dealkylation sites (tertiary alicyclic amines) is 1. The summed E-state index contributed by atoms with van der Waals surface area (Å²) in [4.78, 5) is 30.3. The molecule has 0 atom stereocenters. The van der Waals surface area contributed by atoms with E-state index in [-0.39, 0.29) is 28.5 Å². The van der Waals surface area contributed by atoms with E-state index in [4.69, 9.17) is 0 Å². The standard InChI is InChI=1S/C19H27N7O3/c1-5-12-13(10-20-15(17(27)28)14(12)16-22-24-25-23-16)21-18(29)26-8-6-11(7-9-26)19(2,3)4/h10-11H,5-9H2,1-4H3,(H,21,29)(H,27,28)(H,22,23,24,25). The molecule has 29 heavy (non-hydrogen) atoms. The fourth-order valence-corrected chi connectivity index (χ4v) is 3.84. The summed E-state index contributed by atoms with van der Waals surface area (Å²) in [6, 6.07) is -0.212. The van der Waals surface area contributed by atoms with Crippen LogP contribution in [0.3, 0.4) is 0 Å². The van der Waals surface area contributed by atoms with E-state index >= 15 is 0 Å². The number of nitrogens with one attached hydrogen (secondary N) is 2. The van der Waals surface area contributed by atoms with E-state index in [2.05, 4.69) is 51.7 Å². The Morgan fingerprint density at radius 2 is 2.00 bits per heavy atom. The van der Waals surface area contributed by atoms with E-state index in [1.807, 2.05) is 6.92 Å². The number of urea groups is 1. The van der Waals surface area contributed by atoms with Crippen molar-refractivity contribution in [3.63, 3.8) is 0 Å². The van der Waals surface area contributed by atoms with Crippen LogP contribution in [-0.4, -0.2) is 60.7 Å². The van der Waals surface area contributed by atoms with Gasteiger partial charge in [0.2, 0.25) is 5.82 Å². The molecule has 3 heterocycles. The maximum atomic E-state index is 12.8. The van der Waals surface area contributed by atoms with E-state index in [1.54, 1.807) is 4.90 Å². The fraction of sp³-hybridized carbons (Fsp3) is 0.579. The zero-order valence-electron chi connectivity index (χ0n) is 17.2. The highest BCUT2D eigenvalue weighted by Crippen LogP contribution is 2.35. The van der Waals surface area contributed by atoms with Crippen molar-refractivity contribution in [1.82, 2.24) is 30.5 Å². The molecule has 3 rings (SSSR count). The zero-order chi connectivity index (χ0) is 21.2.